The maximum atomic E-state index is 11.4. The molecule has 0 radical (unpaired) electrons. The molecule has 138 valence electrons. The molecule has 0 aliphatic carbocycles. The third-order valence-electron chi connectivity index (χ3n) is 4.68. The summed E-state index contributed by atoms with van der Waals surface area (Å²) in [4.78, 5) is 13.5. The Bertz CT molecular complexity index is 1290. The van der Waals surface area contributed by atoms with E-state index in [0.29, 0.717) is 6.54 Å². The van der Waals surface area contributed by atoms with Crippen LogP contribution >= 0.6 is 0 Å². The summed E-state index contributed by atoms with van der Waals surface area (Å²) >= 11 is 0. The van der Waals surface area contributed by atoms with E-state index in [2.05, 4.69) is 25.6 Å². The molecule has 0 aliphatic heterocycles. The number of hydrogen-bond donors (Lipinski definition) is 1. The maximum absolute atomic E-state index is 11.4. The van der Waals surface area contributed by atoms with Gasteiger partial charge in [-0.05, 0) is 51.1 Å². The van der Waals surface area contributed by atoms with Crippen LogP contribution in [0.1, 0.15) is 22.8 Å². The number of pyridine rings is 3. The zero-order chi connectivity index (χ0) is 19.3. The monoisotopic (exact) mass is 381 g/mol. The first-order valence-corrected chi connectivity index (χ1v) is 10.0. The lowest BCUT2D eigenvalue weighted by Crippen LogP contribution is -2.13. The standard InChI is InChI=1S/C19H19N5O2S/c1-11-4-7-16-18-17(13(3)23-19(16)22-11)8-12(2)24(18)10-14-5-6-15(9-21-14)27(20,25)26/h4-9H,10H2,1-3H3,(H2,20,25,26). The molecular weight excluding hydrogens is 362 g/mol. The van der Waals surface area contributed by atoms with Gasteiger partial charge in [-0.2, -0.15) is 0 Å². The second-order valence-corrected chi connectivity index (χ2v) is 8.25. The van der Waals surface area contributed by atoms with E-state index in [4.69, 9.17) is 5.14 Å². The highest BCUT2D eigenvalue weighted by Crippen LogP contribution is 2.29. The molecule has 0 amide bonds. The molecule has 4 rings (SSSR count). The molecule has 4 heterocycles. The van der Waals surface area contributed by atoms with Gasteiger partial charge in [0.2, 0.25) is 10.0 Å². The fourth-order valence-corrected chi connectivity index (χ4v) is 3.77. The fraction of sp³-hybridized carbons (Fsp3) is 0.211. The number of fused-ring (bicyclic) bond motifs is 3. The number of nitrogens with two attached hydrogens (primary N) is 1. The molecule has 0 saturated heterocycles. The lowest BCUT2D eigenvalue weighted by atomic mass is 10.1. The molecule has 8 heteroatoms. The topological polar surface area (TPSA) is 104 Å². The summed E-state index contributed by atoms with van der Waals surface area (Å²) < 4.78 is 25.0. The van der Waals surface area contributed by atoms with Crippen LogP contribution in [0.5, 0.6) is 0 Å². The van der Waals surface area contributed by atoms with Crippen LogP contribution in [-0.2, 0) is 16.6 Å². The Kier molecular flexibility index (Phi) is 3.97. The Morgan fingerprint density at radius 1 is 1.04 bits per heavy atom. The van der Waals surface area contributed by atoms with Crippen molar-refractivity contribution in [2.45, 2.75) is 32.2 Å². The molecule has 0 aliphatic rings. The Labute approximate surface area is 156 Å². The van der Waals surface area contributed by atoms with Crippen molar-refractivity contribution in [3.63, 3.8) is 0 Å². The molecule has 4 aromatic heterocycles. The van der Waals surface area contributed by atoms with E-state index in [-0.39, 0.29) is 4.90 Å². The molecule has 4 aromatic rings. The molecule has 0 fully saturated rings. The third-order valence-corrected chi connectivity index (χ3v) is 5.58. The van der Waals surface area contributed by atoms with Crippen molar-refractivity contribution in [1.82, 2.24) is 19.5 Å². The summed E-state index contributed by atoms with van der Waals surface area (Å²) in [6.07, 6.45) is 1.29. The van der Waals surface area contributed by atoms with E-state index in [1.807, 2.05) is 32.9 Å². The van der Waals surface area contributed by atoms with Crippen molar-refractivity contribution < 1.29 is 8.42 Å². The van der Waals surface area contributed by atoms with Gasteiger partial charge in [-0.1, -0.05) is 0 Å². The average Bonchev–Trinajstić information content (AvgIpc) is 2.92. The Balaban J connectivity index is 1.89. The van der Waals surface area contributed by atoms with Crippen LogP contribution in [0, 0.1) is 20.8 Å². The lowest BCUT2D eigenvalue weighted by molar-refractivity contribution is 0.597. The van der Waals surface area contributed by atoms with E-state index in [1.165, 1.54) is 12.3 Å². The van der Waals surface area contributed by atoms with Crippen molar-refractivity contribution in [2.75, 3.05) is 0 Å². The van der Waals surface area contributed by atoms with Crippen LogP contribution < -0.4 is 5.14 Å². The van der Waals surface area contributed by atoms with Crippen LogP contribution in [0.2, 0.25) is 0 Å². The van der Waals surface area contributed by atoms with Crippen molar-refractivity contribution in [3.8, 4) is 0 Å². The van der Waals surface area contributed by atoms with E-state index in [0.717, 1.165) is 44.7 Å². The lowest BCUT2D eigenvalue weighted by Gasteiger charge is -2.11. The zero-order valence-electron chi connectivity index (χ0n) is 15.3. The van der Waals surface area contributed by atoms with Gasteiger partial charge in [0, 0.05) is 34.1 Å². The summed E-state index contributed by atoms with van der Waals surface area (Å²) in [5.41, 5.74) is 5.43. The molecule has 7 nitrogen and oxygen atoms in total. The summed E-state index contributed by atoms with van der Waals surface area (Å²) in [7, 11) is -3.75. The third kappa shape index (κ3) is 3.07. The summed E-state index contributed by atoms with van der Waals surface area (Å²) in [6.45, 7) is 6.47. The number of rotatable bonds is 3. The summed E-state index contributed by atoms with van der Waals surface area (Å²) in [5, 5.41) is 7.20. The zero-order valence-corrected chi connectivity index (χ0v) is 16.1. The van der Waals surface area contributed by atoms with Gasteiger partial charge in [0.25, 0.3) is 0 Å². The van der Waals surface area contributed by atoms with Crippen LogP contribution in [0.15, 0.2) is 41.4 Å². The van der Waals surface area contributed by atoms with Crippen LogP contribution in [0.25, 0.3) is 21.9 Å². The molecular formula is C19H19N5O2S. The van der Waals surface area contributed by atoms with Crippen molar-refractivity contribution >= 4 is 32.0 Å². The van der Waals surface area contributed by atoms with Crippen molar-refractivity contribution in [2.24, 2.45) is 5.14 Å². The van der Waals surface area contributed by atoms with Crippen molar-refractivity contribution in [3.05, 3.63) is 59.3 Å². The number of primary sulfonamides is 1. The minimum Gasteiger partial charge on any atom is -0.338 e. The predicted octanol–water partition coefficient (Wildman–Crippen LogP) is 2.60. The molecule has 0 saturated carbocycles. The highest BCUT2D eigenvalue weighted by atomic mass is 32.2. The summed E-state index contributed by atoms with van der Waals surface area (Å²) in [6, 6.07) is 9.29. The molecule has 0 unspecified atom stereocenters. The normalized spacial score (nSPS) is 12.1. The largest absolute Gasteiger partial charge is 0.338 e. The van der Waals surface area contributed by atoms with Crippen LogP contribution in [0.3, 0.4) is 0 Å². The number of aromatic nitrogens is 4. The second-order valence-electron chi connectivity index (χ2n) is 6.69. The van der Waals surface area contributed by atoms with Gasteiger partial charge in [0.05, 0.1) is 17.8 Å². The minimum absolute atomic E-state index is 0.00510. The van der Waals surface area contributed by atoms with Gasteiger partial charge >= 0.3 is 0 Å². The molecule has 0 bridgehead atoms. The Morgan fingerprint density at radius 2 is 1.81 bits per heavy atom. The predicted molar refractivity (Wildman–Crippen MR) is 104 cm³/mol. The van der Waals surface area contributed by atoms with Gasteiger partial charge < -0.3 is 4.57 Å². The first kappa shape index (κ1) is 17.6. The Morgan fingerprint density at radius 3 is 2.48 bits per heavy atom. The van der Waals surface area contributed by atoms with Gasteiger partial charge in [0.15, 0.2) is 5.65 Å². The molecule has 2 N–H and O–H groups in total. The van der Waals surface area contributed by atoms with Gasteiger partial charge in [-0.3, -0.25) is 4.98 Å². The quantitative estimate of drug-likeness (QED) is 0.587. The summed E-state index contributed by atoms with van der Waals surface area (Å²) in [5.74, 6) is 0. The smallest absolute Gasteiger partial charge is 0.239 e. The first-order chi connectivity index (χ1) is 12.7. The van der Waals surface area contributed by atoms with Gasteiger partial charge in [-0.25, -0.2) is 23.5 Å². The number of sulfonamides is 1. The number of aryl methyl sites for hydroxylation is 3. The molecule has 27 heavy (non-hydrogen) atoms. The molecule has 0 spiro atoms. The number of hydrogen-bond acceptors (Lipinski definition) is 5. The molecule has 0 aromatic carbocycles. The van der Waals surface area contributed by atoms with Crippen LogP contribution in [-0.4, -0.2) is 27.9 Å². The van der Waals surface area contributed by atoms with E-state index in [1.54, 1.807) is 6.07 Å². The fourth-order valence-electron chi connectivity index (χ4n) is 3.31. The highest BCUT2D eigenvalue weighted by molar-refractivity contribution is 7.89. The van der Waals surface area contributed by atoms with Gasteiger partial charge in [0.1, 0.15) is 4.90 Å². The molecule has 0 atom stereocenters. The van der Waals surface area contributed by atoms with Crippen molar-refractivity contribution in [1.29, 1.82) is 0 Å². The first-order valence-electron chi connectivity index (χ1n) is 8.45. The van der Waals surface area contributed by atoms with Gasteiger partial charge in [-0.15, -0.1) is 0 Å². The Hall–Kier alpha value is -2.84. The second kappa shape index (κ2) is 6.11. The van der Waals surface area contributed by atoms with E-state index in [9.17, 15) is 8.42 Å². The average molecular weight is 381 g/mol. The maximum Gasteiger partial charge on any atom is 0.239 e. The minimum atomic E-state index is -3.75. The van der Waals surface area contributed by atoms with E-state index < -0.39 is 10.0 Å². The highest BCUT2D eigenvalue weighted by Gasteiger charge is 2.15. The SMILES string of the molecule is Cc1ccc2c(n1)nc(C)c1cc(C)n(Cc3ccc(S(N)(=O)=O)cn3)c12. The van der Waals surface area contributed by atoms with E-state index >= 15 is 0 Å². The number of nitrogens with zero attached hydrogens (tertiary/aromatic N) is 4. The van der Waals surface area contributed by atoms with Crippen LogP contribution in [0.4, 0.5) is 0 Å².